The molecule has 1 aromatic carbocycles. The Bertz CT molecular complexity index is 851. The molecular formula is C21H29N5O3. The van der Waals surface area contributed by atoms with Crippen LogP contribution in [-0.2, 0) is 18.3 Å². The van der Waals surface area contributed by atoms with Gasteiger partial charge in [0.1, 0.15) is 17.5 Å². The van der Waals surface area contributed by atoms with Gasteiger partial charge < -0.3 is 25.0 Å². The molecule has 8 nitrogen and oxygen atoms in total. The largest absolute Gasteiger partial charge is 0.497 e. The number of nitrogens with one attached hydrogen (secondary N) is 2. The maximum Gasteiger partial charge on any atom is 0.244 e. The number of rotatable bonds is 5. The normalized spacial score (nSPS) is 19.6. The summed E-state index contributed by atoms with van der Waals surface area (Å²) in [5, 5.41) is 11.3. The summed E-state index contributed by atoms with van der Waals surface area (Å²) in [6.07, 6.45) is 4.54. The molecule has 0 bridgehead atoms. The molecule has 156 valence electrons. The molecule has 3 heterocycles. The van der Waals surface area contributed by atoms with Crippen molar-refractivity contribution < 1.29 is 14.3 Å². The first-order chi connectivity index (χ1) is 14.1. The Hall–Kier alpha value is -2.74. The summed E-state index contributed by atoms with van der Waals surface area (Å²) < 4.78 is 12.6. The van der Waals surface area contributed by atoms with E-state index in [1.807, 2.05) is 41.0 Å². The van der Waals surface area contributed by atoms with Crippen molar-refractivity contribution >= 4 is 11.6 Å². The second kappa shape index (κ2) is 8.32. The van der Waals surface area contributed by atoms with Crippen molar-refractivity contribution in [2.24, 2.45) is 7.05 Å². The summed E-state index contributed by atoms with van der Waals surface area (Å²) in [7, 11) is 5.24. The number of aryl methyl sites for hydroxylation is 1. The van der Waals surface area contributed by atoms with E-state index in [9.17, 15) is 4.79 Å². The monoisotopic (exact) mass is 399 g/mol. The highest BCUT2D eigenvalue weighted by atomic mass is 16.5. The highest BCUT2D eigenvalue weighted by Crippen LogP contribution is 2.29. The lowest BCUT2D eigenvalue weighted by Crippen LogP contribution is -2.48. The number of aromatic nitrogens is 2. The van der Waals surface area contributed by atoms with Crippen molar-refractivity contribution in [2.45, 2.75) is 31.3 Å². The fraction of sp³-hybridized carbons (Fsp3) is 0.524. The molecule has 1 saturated heterocycles. The minimum Gasteiger partial charge on any atom is -0.497 e. The summed E-state index contributed by atoms with van der Waals surface area (Å²) in [6.45, 7) is 2.29. The number of carbonyl (C=O) groups is 1. The average Bonchev–Trinajstić information content (AvgIpc) is 3.14. The number of benzene rings is 1. The van der Waals surface area contributed by atoms with Gasteiger partial charge in [0, 0.05) is 74.3 Å². The number of piperidine rings is 1. The highest BCUT2D eigenvalue weighted by Gasteiger charge is 2.33. The molecule has 2 aliphatic rings. The summed E-state index contributed by atoms with van der Waals surface area (Å²) in [5.74, 6) is 1.67. The van der Waals surface area contributed by atoms with Gasteiger partial charge in [0.05, 0.1) is 20.4 Å². The number of nitrogens with zero attached hydrogens (tertiary/aromatic N) is 3. The fourth-order valence-electron chi connectivity index (χ4n) is 4.25. The third-order valence-corrected chi connectivity index (χ3v) is 5.89. The van der Waals surface area contributed by atoms with Crippen LogP contribution in [0, 0.1) is 0 Å². The van der Waals surface area contributed by atoms with E-state index >= 15 is 0 Å². The van der Waals surface area contributed by atoms with Crippen molar-refractivity contribution in [3.05, 3.63) is 35.7 Å². The standard InChI is InChI=1S/C21H29N5O3/c1-25-19-4-7-22-20(18(19)13-23-25)21(27)26-8-5-14(6-9-26)24-15-10-16(28-2)12-17(11-15)29-3/h10-14,20,22,24H,4-9H2,1-3H3. The number of hydrogen-bond donors (Lipinski definition) is 2. The topological polar surface area (TPSA) is 80.7 Å². The summed E-state index contributed by atoms with van der Waals surface area (Å²) >= 11 is 0. The van der Waals surface area contributed by atoms with Crippen LogP contribution in [0.1, 0.15) is 30.1 Å². The predicted molar refractivity (Wildman–Crippen MR) is 110 cm³/mol. The molecule has 4 rings (SSSR count). The van der Waals surface area contributed by atoms with Gasteiger partial charge in [-0.1, -0.05) is 0 Å². The molecule has 0 radical (unpaired) electrons. The Morgan fingerprint density at radius 3 is 2.52 bits per heavy atom. The predicted octanol–water partition coefficient (Wildman–Crippen LogP) is 1.73. The van der Waals surface area contributed by atoms with Crippen molar-refractivity contribution in [1.82, 2.24) is 20.0 Å². The van der Waals surface area contributed by atoms with Crippen LogP contribution >= 0.6 is 0 Å². The van der Waals surface area contributed by atoms with Crippen LogP contribution in [0.15, 0.2) is 24.4 Å². The quantitative estimate of drug-likeness (QED) is 0.797. The zero-order valence-corrected chi connectivity index (χ0v) is 17.3. The van der Waals surface area contributed by atoms with Crippen LogP contribution in [0.4, 0.5) is 5.69 Å². The van der Waals surface area contributed by atoms with Crippen LogP contribution in [-0.4, -0.2) is 60.5 Å². The van der Waals surface area contributed by atoms with Gasteiger partial charge in [-0.3, -0.25) is 9.48 Å². The van der Waals surface area contributed by atoms with Crippen molar-refractivity contribution in [2.75, 3.05) is 39.2 Å². The Morgan fingerprint density at radius 2 is 1.86 bits per heavy atom. The van der Waals surface area contributed by atoms with Crippen molar-refractivity contribution in [1.29, 1.82) is 0 Å². The molecule has 29 heavy (non-hydrogen) atoms. The van der Waals surface area contributed by atoms with Gasteiger partial charge in [-0.25, -0.2) is 0 Å². The lowest BCUT2D eigenvalue weighted by atomic mass is 9.98. The van der Waals surface area contributed by atoms with Gasteiger partial charge in [-0.05, 0) is 12.8 Å². The summed E-state index contributed by atoms with van der Waals surface area (Å²) in [4.78, 5) is 15.1. The van der Waals surface area contributed by atoms with Gasteiger partial charge in [-0.2, -0.15) is 5.10 Å². The minimum atomic E-state index is -0.278. The molecule has 0 saturated carbocycles. The highest BCUT2D eigenvalue weighted by molar-refractivity contribution is 5.84. The number of ether oxygens (including phenoxy) is 2. The number of fused-ring (bicyclic) bond motifs is 1. The molecule has 2 N–H and O–H groups in total. The number of anilines is 1. The number of methoxy groups -OCH3 is 2. The maximum absolute atomic E-state index is 13.1. The second-order valence-electron chi connectivity index (χ2n) is 7.65. The number of amides is 1. The van der Waals surface area contributed by atoms with Gasteiger partial charge in [-0.15, -0.1) is 0 Å². The van der Waals surface area contributed by atoms with Gasteiger partial charge in [0.2, 0.25) is 5.91 Å². The van der Waals surface area contributed by atoms with Crippen LogP contribution in [0.3, 0.4) is 0 Å². The molecular weight excluding hydrogens is 370 g/mol. The van der Waals surface area contributed by atoms with E-state index in [0.717, 1.165) is 67.3 Å². The van der Waals surface area contributed by atoms with Crippen molar-refractivity contribution in [3.63, 3.8) is 0 Å². The Kier molecular flexibility index (Phi) is 5.62. The first kappa shape index (κ1) is 19.6. The van der Waals surface area contributed by atoms with E-state index in [1.165, 1.54) is 0 Å². The smallest absolute Gasteiger partial charge is 0.244 e. The summed E-state index contributed by atoms with van der Waals surface area (Å²) in [5.41, 5.74) is 3.15. The van der Waals surface area contributed by atoms with Gasteiger partial charge in [0.15, 0.2) is 0 Å². The number of likely N-dealkylation sites (tertiary alicyclic amines) is 1. The molecule has 1 amide bonds. The second-order valence-corrected chi connectivity index (χ2v) is 7.65. The molecule has 1 aromatic heterocycles. The van der Waals surface area contributed by atoms with Crippen LogP contribution < -0.4 is 20.1 Å². The van der Waals surface area contributed by atoms with E-state index < -0.39 is 0 Å². The zero-order chi connectivity index (χ0) is 20.4. The van der Waals surface area contributed by atoms with E-state index in [2.05, 4.69) is 15.7 Å². The van der Waals surface area contributed by atoms with E-state index in [0.29, 0.717) is 6.04 Å². The average molecular weight is 399 g/mol. The van der Waals surface area contributed by atoms with E-state index in [1.54, 1.807) is 14.2 Å². The molecule has 1 atom stereocenters. The Morgan fingerprint density at radius 1 is 1.17 bits per heavy atom. The zero-order valence-electron chi connectivity index (χ0n) is 17.3. The first-order valence-corrected chi connectivity index (χ1v) is 10.1. The molecule has 8 heteroatoms. The Labute approximate surface area is 171 Å². The van der Waals surface area contributed by atoms with E-state index in [-0.39, 0.29) is 11.9 Å². The third-order valence-electron chi connectivity index (χ3n) is 5.89. The summed E-state index contributed by atoms with van der Waals surface area (Å²) in [6, 6.07) is 5.83. The fourth-order valence-corrected chi connectivity index (χ4v) is 4.25. The molecule has 1 unspecified atom stereocenters. The number of hydrogen-bond acceptors (Lipinski definition) is 6. The van der Waals surface area contributed by atoms with Crippen LogP contribution in [0.2, 0.25) is 0 Å². The molecule has 2 aliphatic heterocycles. The molecule has 2 aromatic rings. The first-order valence-electron chi connectivity index (χ1n) is 10.1. The minimum absolute atomic E-state index is 0.153. The van der Waals surface area contributed by atoms with Gasteiger partial charge >= 0.3 is 0 Å². The third kappa shape index (κ3) is 4.03. The Balaban J connectivity index is 1.37. The number of carbonyl (C=O) groups excluding carboxylic acids is 1. The van der Waals surface area contributed by atoms with E-state index in [4.69, 9.17) is 9.47 Å². The SMILES string of the molecule is COc1cc(NC2CCN(C(=O)C3NCCc4c3cnn4C)CC2)cc(OC)c1. The molecule has 0 spiro atoms. The molecule has 0 aliphatic carbocycles. The van der Waals surface area contributed by atoms with Crippen molar-refractivity contribution in [3.8, 4) is 11.5 Å². The van der Waals surface area contributed by atoms with Crippen LogP contribution in [0.25, 0.3) is 0 Å². The lowest BCUT2D eigenvalue weighted by Gasteiger charge is -2.36. The molecule has 1 fully saturated rings. The van der Waals surface area contributed by atoms with Gasteiger partial charge in [0.25, 0.3) is 0 Å². The lowest BCUT2D eigenvalue weighted by molar-refractivity contribution is -0.134. The maximum atomic E-state index is 13.1. The van der Waals surface area contributed by atoms with Crippen LogP contribution in [0.5, 0.6) is 11.5 Å².